The number of hydrogen-bond donors (Lipinski definition) is 2. The van der Waals surface area contributed by atoms with E-state index in [0.717, 1.165) is 6.54 Å². The standard InChI is InChI=1S/C14H18N2S/c1-16-13(14(9-15)6-7-14)11-8-17-12-5-3-2-4-10(11)12/h2-5,8,13,16H,6-7,9,15H2,1H3. The molecule has 0 aliphatic heterocycles. The topological polar surface area (TPSA) is 38.0 Å². The summed E-state index contributed by atoms with van der Waals surface area (Å²) >= 11 is 1.83. The van der Waals surface area contributed by atoms with Crippen molar-refractivity contribution in [1.29, 1.82) is 0 Å². The predicted molar refractivity (Wildman–Crippen MR) is 74.3 cm³/mol. The molecule has 3 N–H and O–H groups in total. The van der Waals surface area contributed by atoms with Crippen LogP contribution in [0.4, 0.5) is 0 Å². The van der Waals surface area contributed by atoms with Gasteiger partial charge in [-0.1, -0.05) is 18.2 Å². The molecule has 1 fully saturated rings. The van der Waals surface area contributed by atoms with Crippen molar-refractivity contribution in [3.63, 3.8) is 0 Å². The van der Waals surface area contributed by atoms with E-state index in [2.05, 4.69) is 35.0 Å². The highest BCUT2D eigenvalue weighted by atomic mass is 32.1. The zero-order valence-electron chi connectivity index (χ0n) is 10.1. The van der Waals surface area contributed by atoms with Crippen LogP contribution in [0.25, 0.3) is 10.1 Å². The fraction of sp³-hybridized carbons (Fsp3) is 0.429. The molecule has 0 bridgehead atoms. The van der Waals surface area contributed by atoms with Gasteiger partial charge in [0, 0.05) is 16.2 Å². The molecule has 1 aromatic heterocycles. The summed E-state index contributed by atoms with van der Waals surface area (Å²) in [6.45, 7) is 0.780. The molecule has 1 unspecified atom stereocenters. The lowest BCUT2D eigenvalue weighted by Crippen LogP contribution is -2.31. The van der Waals surface area contributed by atoms with Crippen LogP contribution in [0.2, 0.25) is 0 Å². The minimum Gasteiger partial charge on any atom is -0.330 e. The highest BCUT2D eigenvalue weighted by Gasteiger charge is 2.48. The Morgan fingerprint density at radius 1 is 1.41 bits per heavy atom. The lowest BCUT2D eigenvalue weighted by molar-refractivity contribution is 0.369. The Morgan fingerprint density at radius 3 is 2.82 bits per heavy atom. The van der Waals surface area contributed by atoms with Crippen LogP contribution in [0, 0.1) is 5.41 Å². The normalized spacial score (nSPS) is 19.4. The van der Waals surface area contributed by atoms with E-state index in [0.29, 0.717) is 11.5 Å². The number of nitrogens with one attached hydrogen (secondary N) is 1. The Hall–Kier alpha value is -0.900. The number of benzene rings is 1. The molecule has 1 atom stereocenters. The first-order valence-corrected chi connectivity index (χ1v) is 7.02. The zero-order chi connectivity index (χ0) is 11.9. The predicted octanol–water partition coefficient (Wildman–Crippen LogP) is 2.90. The van der Waals surface area contributed by atoms with Crippen molar-refractivity contribution in [2.45, 2.75) is 18.9 Å². The van der Waals surface area contributed by atoms with Crippen molar-refractivity contribution in [2.75, 3.05) is 13.6 Å². The summed E-state index contributed by atoms with van der Waals surface area (Å²) < 4.78 is 1.37. The minimum absolute atomic E-state index is 0.304. The Morgan fingerprint density at radius 2 is 2.18 bits per heavy atom. The molecule has 17 heavy (non-hydrogen) atoms. The van der Waals surface area contributed by atoms with Gasteiger partial charge in [0.1, 0.15) is 0 Å². The van der Waals surface area contributed by atoms with Crippen LogP contribution >= 0.6 is 11.3 Å². The third-order valence-corrected chi connectivity index (χ3v) is 5.00. The maximum absolute atomic E-state index is 5.96. The van der Waals surface area contributed by atoms with Gasteiger partial charge in [-0.25, -0.2) is 0 Å². The third-order valence-electron chi connectivity index (χ3n) is 4.02. The number of fused-ring (bicyclic) bond motifs is 1. The number of hydrogen-bond acceptors (Lipinski definition) is 3. The van der Waals surface area contributed by atoms with E-state index in [9.17, 15) is 0 Å². The molecule has 3 heteroatoms. The Balaban J connectivity index is 2.07. The minimum atomic E-state index is 0.304. The summed E-state index contributed by atoms with van der Waals surface area (Å²) in [6.07, 6.45) is 2.50. The molecule has 2 nitrogen and oxygen atoms in total. The van der Waals surface area contributed by atoms with Gasteiger partial charge in [-0.05, 0) is 48.8 Å². The second-order valence-corrected chi connectivity index (χ2v) is 5.89. The maximum atomic E-state index is 5.96. The van der Waals surface area contributed by atoms with Gasteiger partial charge in [0.15, 0.2) is 0 Å². The molecule has 1 aromatic carbocycles. The quantitative estimate of drug-likeness (QED) is 0.870. The van der Waals surface area contributed by atoms with Crippen molar-refractivity contribution >= 4 is 21.4 Å². The molecule has 90 valence electrons. The van der Waals surface area contributed by atoms with Gasteiger partial charge in [-0.3, -0.25) is 0 Å². The first kappa shape index (κ1) is 11.2. The van der Waals surface area contributed by atoms with Crippen molar-refractivity contribution in [1.82, 2.24) is 5.32 Å². The first-order valence-electron chi connectivity index (χ1n) is 6.14. The number of rotatable bonds is 4. The number of thiophene rings is 1. The van der Waals surface area contributed by atoms with Gasteiger partial charge >= 0.3 is 0 Å². The van der Waals surface area contributed by atoms with Crippen LogP contribution < -0.4 is 11.1 Å². The van der Waals surface area contributed by atoms with Crippen molar-refractivity contribution in [2.24, 2.45) is 11.1 Å². The SMILES string of the molecule is CNC(c1csc2ccccc12)C1(CN)CC1. The lowest BCUT2D eigenvalue weighted by Gasteiger charge is -2.25. The molecule has 0 saturated heterocycles. The molecule has 1 saturated carbocycles. The largest absolute Gasteiger partial charge is 0.330 e. The van der Waals surface area contributed by atoms with Crippen LogP contribution in [0.3, 0.4) is 0 Å². The fourth-order valence-corrected chi connectivity index (χ4v) is 3.77. The monoisotopic (exact) mass is 246 g/mol. The number of nitrogens with two attached hydrogens (primary N) is 1. The highest BCUT2D eigenvalue weighted by Crippen LogP contribution is 2.55. The third kappa shape index (κ3) is 1.69. The first-order chi connectivity index (χ1) is 8.30. The van der Waals surface area contributed by atoms with Crippen LogP contribution in [0.1, 0.15) is 24.4 Å². The van der Waals surface area contributed by atoms with E-state index >= 15 is 0 Å². The Bertz CT molecular complexity index is 528. The summed E-state index contributed by atoms with van der Waals surface area (Å²) in [6, 6.07) is 9.04. The molecule has 3 rings (SSSR count). The van der Waals surface area contributed by atoms with Crippen LogP contribution in [0.5, 0.6) is 0 Å². The summed E-state index contributed by atoms with van der Waals surface area (Å²) in [5.74, 6) is 0. The van der Waals surface area contributed by atoms with E-state index in [4.69, 9.17) is 5.73 Å². The lowest BCUT2D eigenvalue weighted by atomic mass is 9.90. The molecule has 0 spiro atoms. The second-order valence-electron chi connectivity index (χ2n) is 4.98. The van der Waals surface area contributed by atoms with Crippen molar-refractivity contribution < 1.29 is 0 Å². The molecular formula is C14H18N2S. The van der Waals surface area contributed by atoms with Gasteiger partial charge in [0.05, 0.1) is 0 Å². The van der Waals surface area contributed by atoms with E-state index in [1.165, 1.54) is 28.5 Å². The van der Waals surface area contributed by atoms with E-state index in [-0.39, 0.29) is 0 Å². The average Bonchev–Trinajstić information content (AvgIpc) is 3.05. The molecule has 1 aliphatic carbocycles. The molecule has 1 aliphatic rings. The van der Waals surface area contributed by atoms with E-state index < -0.39 is 0 Å². The summed E-state index contributed by atoms with van der Waals surface area (Å²) in [4.78, 5) is 0. The molecule has 0 radical (unpaired) electrons. The van der Waals surface area contributed by atoms with Gasteiger partial charge in [0.25, 0.3) is 0 Å². The smallest absolute Gasteiger partial charge is 0.0401 e. The van der Waals surface area contributed by atoms with Crippen molar-refractivity contribution in [3.8, 4) is 0 Å². The second kappa shape index (κ2) is 4.09. The summed E-state index contributed by atoms with van der Waals surface area (Å²) in [5.41, 5.74) is 7.69. The van der Waals surface area contributed by atoms with Gasteiger partial charge in [-0.2, -0.15) is 0 Å². The highest BCUT2D eigenvalue weighted by molar-refractivity contribution is 7.17. The van der Waals surface area contributed by atoms with Crippen LogP contribution in [-0.4, -0.2) is 13.6 Å². The van der Waals surface area contributed by atoms with Gasteiger partial charge in [-0.15, -0.1) is 11.3 Å². The summed E-state index contributed by atoms with van der Waals surface area (Å²) in [5, 5.41) is 7.16. The van der Waals surface area contributed by atoms with E-state index in [1.54, 1.807) is 0 Å². The average molecular weight is 246 g/mol. The van der Waals surface area contributed by atoms with Crippen molar-refractivity contribution in [3.05, 3.63) is 35.2 Å². The Kier molecular flexibility index (Phi) is 2.69. The molecule has 0 amide bonds. The van der Waals surface area contributed by atoms with Crippen LogP contribution in [0.15, 0.2) is 29.6 Å². The Labute approximate surface area is 106 Å². The molecule has 2 aromatic rings. The van der Waals surface area contributed by atoms with E-state index in [1.807, 2.05) is 18.4 Å². The van der Waals surface area contributed by atoms with Gasteiger partial charge in [0.2, 0.25) is 0 Å². The van der Waals surface area contributed by atoms with Crippen LogP contribution in [-0.2, 0) is 0 Å². The zero-order valence-corrected chi connectivity index (χ0v) is 10.9. The molecule has 1 heterocycles. The summed E-state index contributed by atoms with van der Waals surface area (Å²) in [7, 11) is 2.05. The maximum Gasteiger partial charge on any atom is 0.0401 e. The fourth-order valence-electron chi connectivity index (χ4n) is 2.78. The van der Waals surface area contributed by atoms with Gasteiger partial charge < -0.3 is 11.1 Å². The molecular weight excluding hydrogens is 228 g/mol.